The number of nitrogens with one attached hydrogen (secondary N) is 1. The molecule has 0 saturated heterocycles. The van der Waals surface area contributed by atoms with Gasteiger partial charge in [-0.25, -0.2) is 0 Å². The summed E-state index contributed by atoms with van der Waals surface area (Å²) < 4.78 is 7.27. The minimum atomic E-state index is 0.287. The summed E-state index contributed by atoms with van der Waals surface area (Å²) in [6.07, 6.45) is 5.45. The third-order valence-electron chi connectivity index (χ3n) is 3.35. The molecule has 1 atom stereocenters. The standard InChI is InChI=1S/C15H23N3O/c1-4-13-10-15(18(6-3)17-13)14(16-5-2)9-12-7-8-19-11-12/h7-8,10-11,14,16H,4-6,9H2,1-3H3. The lowest BCUT2D eigenvalue weighted by Gasteiger charge is -2.18. The smallest absolute Gasteiger partial charge is 0.0935 e. The summed E-state index contributed by atoms with van der Waals surface area (Å²) in [7, 11) is 0. The van der Waals surface area contributed by atoms with E-state index in [1.54, 1.807) is 6.26 Å². The van der Waals surface area contributed by atoms with Crippen LogP contribution >= 0.6 is 0 Å². The highest BCUT2D eigenvalue weighted by atomic mass is 16.3. The van der Waals surface area contributed by atoms with Gasteiger partial charge in [0.2, 0.25) is 0 Å². The van der Waals surface area contributed by atoms with Crippen LogP contribution in [0.2, 0.25) is 0 Å². The van der Waals surface area contributed by atoms with E-state index in [2.05, 4.69) is 41.9 Å². The van der Waals surface area contributed by atoms with Gasteiger partial charge in [-0.05, 0) is 44.0 Å². The Balaban J connectivity index is 2.24. The van der Waals surface area contributed by atoms with Crippen molar-refractivity contribution in [2.45, 2.75) is 46.2 Å². The largest absolute Gasteiger partial charge is 0.472 e. The van der Waals surface area contributed by atoms with Crippen molar-refractivity contribution in [2.24, 2.45) is 0 Å². The quantitative estimate of drug-likeness (QED) is 0.833. The van der Waals surface area contributed by atoms with Crippen LogP contribution in [0.5, 0.6) is 0 Å². The predicted molar refractivity (Wildman–Crippen MR) is 76.1 cm³/mol. The van der Waals surface area contributed by atoms with Crippen molar-refractivity contribution in [3.05, 3.63) is 41.6 Å². The van der Waals surface area contributed by atoms with Gasteiger partial charge in [0.05, 0.1) is 30.0 Å². The van der Waals surface area contributed by atoms with Gasteiger partial charge < -0.3 is 9.73 Å². The van der Waals surface area contributed by atoms with Crippen LogP contribution in [0.4, 0.5) is 0 Å². The average molecular weight is 261 g/mol. The number of aromatic nitrogens is 2. The van der Waals surface area contributed by atoms with Gasteiger partial charge in [0, 0.05) is 6.54 Å². The third kappa shape index (κ3) is 3.26. The van der Waals surface area contributed by atoms with Crippen molar-refractivity contribution < 1.29 is 4.42 Å². The Labute approximate surface area is 114 Å². The van der Waals surface area contributed by atoms with E-state index in [1.807, 2.05) is 12.3 Å². The Morgan fingerprint density at radius 2 is 2.21 bits per heavy atom. The fourth-order valence-electron chi connectivity index (χ4n) is 2.37. The van der Waals surface area contributed by atoms with E-state index in [0.29, 0.717) is 0 Å². The predicted octanol–water partition coefficient (Wildman–Crippen LogP) is 2.95. The van der Waals surface area contributed by atoms with E-state index in [-0.39, 0.29) is 6.04 Å². The zero-order valence-corrected chi connectivity index (χ0v) is 12.0. The summed E-state index contributed by atoms with van der Waals surface area (Å²) in [5.74, 6) is 0. The first-order valence-electron chi connectivity index (χ1n) is 7.09. The molecule has 0 aromatic carbocycles. The molecule has 2 aromatic heterocycles. The monoisotopic (exact) mass is 261 g/mol. The van der Waals surface area contributed by atoms with Crippen LogP contribution in [0, 0.1) is 0 Å². The van der Waals surface area contributed by atoms with Crippen molar-refractivity contribution >= 4 is 0 Å². The van der Waals surface area contributed by atoms with Crippen molar-refractivity contribution in [3.63, 3.8) is 0 Å². The van der Waals surface area contributed by atoms with Crippen LogP contribution in [0.3, 0.4) is 0 Å². The van der Waals surface area contributed by atoms with Gasteiger partial charge in [-0.1, -0.05) is 13.8 Å². The van der Waals surface area contributed by atoms with Gasteiger partial charge in [-0.3, -0.25) is 4.68 Å². The van der Waals surface area contributed by atoms with Gasteiger partial charge in [0.15, 0.2) is 0 Å². The molecule has 1 N–H and O–H groups in total. The summed E-state index contributed by atoms with van der Waals surface area (Å²) in [5.41, 5.74) is 3.64. The van der Waals surface area contributed by atoms with Crippen LogP contribution in [0.1, 0.15) is 43.8 Å². The second kappa shape index (κ2) is 6.57. The molecule has 2 heterocycles. The van der Waals surface area contributed by atoms with Crippen molar-refractivity contribution in [2.75, 3.05) is 6.54 Å². The summed E-state index contributed by atoms with van der Waals surface area (Å²) >= 11 is 0. The highest BCUT2D eigenvalue weighted by Crippen LogP contribution is 2.20. The molecule has 1 unspecified atom stereocenters. The van der Waals surface area contributed by atoms with Crippen LogP contribution in [-0.2, 0) is 19.4 Å². The summed E-state index contributed by atoms with van der Waals surface area (Å²) in [6.45, 7) is 8.26. The summed E-state index contributed by atoms with van der Waals surface area (Å²) in [4.78, 5) is 0. The molecule has 0 fully saturated rings. The maximum Gasteiger partial charge on any atom is 0.0935 e. The molecule has 2 aromatic rings. The molecule has 104 valence electrons. The number of rotatable bonds is 7. The van der Waals surface area contributed by atoms with Crippen LogP contribution < -0.4 is 5.32 Å². The first kappa shape index (κ1) is 13.9. The SMILES string of the molecule is CCNC(Cc1ccoc1)c1cc(CC)nn1CC. The average Bonchev–Trinajstić information content (AvgIpc) is 3.06. The molecule has 2 rings (SSSR count). The first-order valence-corrected chi connectivity index (χ1v) is 7.09. The van der Waals surface area contributed by atoms with Gasteiger partial charge in [0.1, 0.15) is 0 Å². The van der Waals surface area contributed by atoms with Gasteiger partial charge in [-0.2, -0.15) is 5.10 Å². The molecule has 19 heavy (non-hydrogen) atoms. The maximum absolute atomic E-state index is 5.16. The summed E-state index contributed by atoms with van der Waals surface area (Å²) in [5, 5.41) is 8.18. The minimum absolute atomic E-state index is 0.287. The fraction of sp³-hybridized carbons (Fsp3) is 0.533. The van der Waals surface area contributed by atoms with E-state index in [1.165, 1.54) is 11.3 Å². The highest BCUT2D eigenvalue weighted by molar-refractivity contribution is 5.18. The number of nitrogens with zero attached hydrogens (tertiary/aromatic N) is 2. The Hall–Kier alpha value is -1.55. The van der Waals surface area contributed by atoms with Crippen LogP contribution in [0.25, 0.3) is 0 Å². The molecule has 0 aliphatic carbocycles. The van der Waals surface area contributed by atoms with Crippen molar-refractivity contribution in [1.29, 1.82) is 0 Å². The molecule has 0 amide bonds. The molecular weight excluding hydrogens is 238 g/mol. The number of hydrogen-bond donors (Lipinski definition) is 1. The van der Waals surface area contributed by atoms with E-state index in [4.69, 9.17) is 4.42 Å². The second-order valence-electron chi connectivity index (χ2n) is 4.68. The Morgan fingerprint density at radius 3 is 2.79 bits per heavy atom. The molecule has 0 saturated carbocycles. The van der Waals surface area contributed by atoms with Crippen molar-refractivity contribution in [3.8, 4) is 0 Å². The van der Waals surface area contributed by atoms with Crippen LogP contribution in [0.15, 0.2) is 29.1 Å². The molecular formula is C15H23N3O. The number of hydrogen-bond acceptors (Lipinski definition) is 3. The normalized spacial score (nSPS) is 12.8. The Morgan fingerprint density at radius 1 is 1.37 bits per heavy atom. The van der Waals surface area contributed by atoms with Gasteiger partial charge in [0.25, 0.3) is 0 Å². The topological polar surface area (TPSA) is 43.0 Å². The molecule has 0 radical (unpaired) electrons. The third-order valence-corrected chi connectivity index (χ3v) is 3.35. The van der Waals surface area contributed by atoms with E-state index in [0.717, 1.165) is 31.6 Å². The maximum atomic E-state index is 5.16. The number of furan rings is 1. The lowest BCUT2D eigenvalue weighted by atomic mass is 10.0. The molecule has 0 bridgehead atoms. The zero-order chi connectivity index (χ0) is 13.7. The molecule has 0 spiro atoms. The highest BCUT2D eigenvalue weighted by Gasteiger charge is 2.17. The van der Waals surface area contributed by atoms with E-state index < -0.39 is 0 Å². The molecule has 0 aliphatic rings. The lowest BCUT2D eigenvalue weighted by Crippen LogP contribution is -2.25. The Bertz CT molecular complexity index is 487. The zero-order valence-electron chi connectivity index (χ0n) is 12.0. The summed E-state index contributed by atoms with van der Waals surface area (Å²) in [6, 6.07) is 4.53. The van der Waals surface area contributed by atoms with E-state index in [9.17, 15) is 0 Å². The van der Waals surface area contributed by atoms with E-state index >= 15 is 0 Å². The van der Waals surface area contributed by atoms with Gasteiger partial charge in [-0.15, -0.1) is 0 Å². The second-order valence-corrected chi connectivity index (χ2v) is 4.68. The van der Waals surface area contributed by atoms with Crippen LogP contribution in [-0.4, -0.2) is 16.3 Å². The fourth-order valence-corrected chi connectivity index (χ4v) is 2.37. The minimum Gasteiger partial charge on any atom is -0.472 e. The first-order chi connectivity index (χ1) is 9.28. The molecule has 4 heteroatoms. The Kier molecular flexibility index (Phi) is 4.80. The lowest BCUT2D eigenvalue weighted by molar-refractivity contribution is 0.486. The van der Waals surface area contributed by atoms with Gasteiger partial charge >= 0.3 is 0 Å². The van der Waals surface area contributed by atoms with Crippen molar-refractivity contribution in [1.82, 2.24) is 15.1 Å². The molecule has 4 nitrogen and oxygen atoms in total. The molecule has 0 aliphatic heterocycles. The number of aryl methyl sites for hydroxylation is 2. The number of likely N-dealkylation sites (N-methyl/N-ethyl adjacent to an activating group) is 1.